The molecule has 8 heteroatoms. The molecule has 0 spiro atoms. The minimum atomic E-state index is 0.324. The molecule has 2 aromatic rings. The number of hydrogen-bond donors (Lipinski definition) is 4. The topological polar surface area (TPSA) is 111 Å². The van der Waals surface area contributed by atoms with Crippen LogP contribution in [0, 0.1) is 5.92 Å². The molecule has 4 rings (SSSR count). The van der Waals surface area contributed by atoms with Crippen LogP contribution in [-0.2, 0) is 4.74 Å². The summed E-state index contributed by atoms with van der Waals surface area (Å²) in [5.74, 6) is 1.90. The molecule has 162 valence electrons. The molecule has 1 aliphatic heterocycles. The van der Waals surface area contributed by atoms with Crippen LogP contribution < -0.4 is 22.1 Å². The van der Waals surface area contributed by atoms with E-state index in [9.17, 15) is 0 Å². The lowest BCUT2D eigenvalue weighted by Gasteiger charge is -2.27. The molecule has 0 radical (unpaired) electrons. The summed E-state index contributed by atoms with van der Waals surface area (Å²) in [5, 5.41) is 7.59. The first-order valence-electron chi connectivity index (χ1n) is 10.8. The summed E-state index contributed by atoms with van der Waals surface area (Å²) >= 11 is 6.48. The Labute approximate surface area is 182 Å². The first-order valence-corrected chi connectivity index (χ1v) is 11.2. The highest BCUT2D eigenvalue weighted by atomic mass is 35.5. The number of pyridine rings is 2. The van der Waals surface area contributed by atoms with Gasteiger partial charge in [0.05, 0.1) is 10.7 Å². The lowest BCUT2D eigenvalue weighted by molar-refractivity contribution is 0.0699. The standard InChI is InChI=1S/C22H31ClN6O/c23-19-13-27-21(29-17-3-1-16(24)2-4-17)10-18(19)15-9-20(22(25)28-12-15)26-11-14-5-7-30-8-6-14/h9-10,12-14,16-17,26H,1-8,11,24H2,(H2,25,28)(H,27,29)/t16-,17-. The number of halogens is 1. The molecule has 2 aromatic heterocycles. The molecule has 6 N–H and O–H groups in total. The zero-order valence-electron chi connectivity index (χ0n) is 17.2. The third-order valence-electron chi connectivity index (χ3n) is 6.13. The molecule has 0 atom stereocenters. The van der Waals surface area contributed by atoms with Gasteiger partial charge in [-0.25, -0.2) is 9.97 Å². The molecule has 2 fully saturated rings. The van der Waals surface area contributed by atoms with Crippen molar-refractivity contribution in [3.8, 4) is 11.1 Å². The molecular formula is C22H31ClN6O. The van der Waals surface area contributed by atoms with E-state index in [1.165, 1.54) is 0 Å². The molecular weight excluding hydrogens is 400 g/mol. The molecule has 0 bridgehead atoms. The number of nitrogen functional groups attached to an aromatic ring is 1. The second-order valence-electron chi connectivity index (χ2n) is 8.40. The summed E-state index contributed by atoms with van der Waals surface area (Å²) in [4.78, 5) is 8.86. The van der Waals surface area contributed by atoms with Crippen molar-refractivity contribution >= 4 is 28.9 Å². The van der Waals surface area contributed by atoms with Gasteiger partial charge in [-0.3, -0.25) is 0 Å². The molecule has 2 aliphatic rings. The molecule has 1 aliphatic carbocycles. The quantitative estimate of drug-likeness (QED) is 0.549. The summed E-state index contributed by atoms with van der Waals surface area (Å²) in [6.45, 7) is 2.52. The molecule has 7 nitrogen and oxygen atoms in total. The smallest absolute Gasteiger partial charge is 0.146 e. The first-order chi connectivity index (χ1) is 14.6. The number of aromatic nitrogens is 2. The van der Waals surface area contributed by atoms with Gasteiger partial charge in [0.1, 0.15) is 11.6 Å². The van der Waals surface area contributed by atoms with Gasteiger partial charge in [-0.15, -0.1) is 0 Å². The zero-order valence-corrected chi connectivity index (χ0v) is 18.0. The largest absolute Gasteiger partial charge is 0.382 e. The highest BCUT2D eigenvalue weighted by molar-refractivity contribution is 6.33. The number of nitrogens with zero attached hydrogens (tertiary/aromatic N) is 2. The third-order valence-corrected chi connectivity index (χ3v) is 6.43. The van der Waals surface area contributed by atoms with Crippen molar-refractivity contribution in [2.75, 3.05) is 36.1 Å². The van der Waals surface area contributed by atoms with Crippen LogP contribution in [0.2, 0.25) is 5.02 Å². The van der Waals surface area contributed by atoms with Gasteiger partial charge in [0.25, 0.3) is 0 Å². The van der Waals surface area contributed by atoms with E-state index in [2.05, 4.69) is 20.6 Å². The Bertz CT molecular complexity index is 850. The van der Waals surface area contributed by atoms with Crippen molar-refractivity contribution in [3.63, 3.8) is 0 Å². The Balaban J connectivity index is 1.48. The molecule has 1 saturated carbocycles. The summed E-state index contributed by atoms with van der Waals surface area (Å²) in [7, 11) is 0. The van der Waals surface area contributed by atoms with E-state index < -0.39 is 0 Å². The predicted molar refractivity (Wildman–Crippen MR) is 123 cm³/mol. The van der Waals surface area contributed by atoms with Gasteiger partial charge < -0.3 is 26.8 Å². The van der Waals surface area contributed by atoms with Crippen molar-refractivity contribution in [2.24, 2.45) is 11.7 Å². The molecule has 0 aromatic carbocycles. The lowest BCUT2D eigenvalue weighted by atomic mass is 9.92. The number of hydrogen-bond acceptors (Lipinski definition) is 7. The average Bonchev–Trinajstić information content (AvgIpc) is 2.77. The van der Waals surface area contributed by atoms with Crippen molar-refractivity contribution in [3.05, 3.63) is 29.5 Å². The van der Waals surface area contributed by atoms with Crippen LogP contribution in [0.15, 0.2) is 24.5 Å². The van der Waals surface area contributed by atoms with Gasteiger partial charge in [-0.2, -0.15) is 0 Å². The SMILES string of the molecule is Nc1ncc(-c2cc(N[C@H]3CC[C@H](N)CC3)ncc2Cl)cc1NCC1CCOCC1. The van der Waals surface area contributed by atoms with E-state index in [0.29, 0.717) is 28.8 Å². The Kier molecular flexibility index (Phi) is 6.92. The van der Waals surface area contributed by atoms with E-state index in [1.807, 2.05) is 12.1 Å². The average molecular weight is 431 g/mol. The van der Waals surface area contributed by atoms with Crippen LogP contribution in [0.1, 0.15) is 38.5 Å². The highest BCUT2D eigenvalue weighted by Gasteiger charge is 2.19. The molecule has 0 unspecified atom stereocenters. The molecule has 1 saturated heterocycles. The van der Waals surface area contributed by atoms with Gasteiger partial charge in [0, 0.05) is 55.4 Å². The summed E-state index contributed by atoms with van der Waals surface area (Å²) in [6, 6.07) is 4.73. The maximum atomic E-state index is 6.48. The van der Waals surface area contributed by atoms with Gasteiger partial charge >= 0.3 is 0 Å². The predicted octanol–water partition coefficient (Wildman–Crippen LogP) is 3.90. The fourth-order valence-corrected chi connectivity index (χ4v) is 4.39. The van der Waals surface area contributed by atoms with Crippen LogP contribution in [-0.4, -0.2) is 41.8 Å². The van der Waals surface area contributed by atoms with E-state index in [4.69, 9.17) is 27.8 Å². The van der Waals surface area contributed by atoms with E-state index >= 15 is 0 Å². The van der Waals surface area contributed by atoms with Crippen LogP contribution >= 0.6 is 11.6 Å². The molecule has 0 amide bonds. The maximum Gasteiger partial charge on any atom is 0.146 e. The fraction of sp³-hybridized carbons (Fsp3) is 0.545. The Morgan fingerprint density at radius 3 is 2.57 bits per heavy atom. The fourth-order valence-electron chi connectivity index (χ4n) is 4.18. The minimum Gasteiger partial charge on any atom is -0.382 e. The third kappa shape index (κ3) is 5.33. The van der Waals surface area contributed by atoms with Crippen LogP contribution in [0.25, 0.3) is 11.1 Å². The second kappa shape index (κ2) is 9.81. The number of nitrogens with one attached hydrogen (secondary N) is 2. The Morgan fingerprint density at radius 2 is 1.80 bits per heavy atom. The lowest BCUT2D eigenvalue weighted by Crippen LogP contribution is -2.33. The van der Waals surface area contributed by atoms with Crippen LogP contribution in [0.5, 0.6) is 0 Å². The van der Waals surface area contributed by atoms with Crippen molar-refractivity contribution in [2.45, 2.75) is 50.6 Å². The van der Waals surface area contributed by atoms with Gasteiger partial charge in [-0.1, -0.05) is 11.6 Å². The number of nitrogens with two attached hydrogens (primary N) is 2. The zero-order chi connectivity index (χ0) is 20.9. The van der Waals surface area contributed by atoms with Gasteiger partial charge in [0.2, 0.25) is 0 Å². The van der Waals surface area contributed by atoms with Crippen molar-refractivity contribution in [1.82, 2.24) is 9.97 Å². The number of ether oxygens (including phenoxy) is 1. The van der Waals surface area contributed by atoms with Crippen LogP contribution in [0.4, 0.5) is 17.3 Å². The number of anilines is 3. The Hall–Kier alpha value is -2.09. The van der Waals surface area contributed by atoms with Crippen molar-refractivity contribution in [1.29, 1.82) is 0 Å². The highest BCUT2D eigenvalue weighted by Crippen LogP contribution is 2.33. The first kappa shape index (κ1) is 21.2. The van der Waals surface area contributed by atoms with Gasteiger partial charge in [-0.05, 0) is 56.6 Å². The Morgan fingerprint density at radius 1 is 1.03 bits per heavy atom. The molecule has 30 heavy (non-hydrogen) atoms. The minimum absolute atomic E-state index is 0.324. The summed E-state index contributed by atoms with van der Waals surface area (Å²) in [6.07, 6.45) is 9.80. The van der Waals surface area contributed by atoms with E-state index in [1.54, 1.807) is 12.4 Å². The second-order valence-corrected chi connectivity index (χ2v) is 8.81. The maximum absolute atomic E-state index is 6.48. The van der Waals surface area contributed by atoms with Gasteiger partial charge in [0.15, 0.2) is 0 Å². The number of rotatable bonds is 6. The summed E-state index contributed by atoms with van der Waals surface area (Å²) in [5.41, 5.74) is 14.8. The van der Waals surface area contributed by atoms with E-state index in [0.717, 1.165) is 80.9 Å². The van der Waals surface area contributed by atoms with E-state index in [-0.39, 0.29) is 0 Å². The molecule has 3 heterocycles. The summed E-state index contributed by atoms with van der Waals surface area (Å²) < 4.78 is 5.44. The van der Waals surface area contributed by atoms with Crippen LogP contribution in [0.3, 0.4) is 0 Å². The monoisotopic (exact) mass is 430 g/mol. The normalized spacial score (nSPS) is 22.6. The van der Waals surface area contributed by atoms with Crippen molar-refractivity contribution < 1.29 is 4.74 Å².